The molecule has 1 fully saturated rings. The van der Waals surface area contributed by atoms with Crippen molar-refractivity contribution in [2.45, 2.75) is 33.1 Å². The summed E-state index contributed by atoms with van der Waals surface area (Å²) in [6.45, 7) is 5.59. The lowest BCUT2D eigenvalue weighted by atomic mass is 10.1. The molecule has 0 spiro atoms. The summed E-state index contributed by atoms with van der Waals surface area (Å²) >= 11 is 0. The normalized spacial score (nSPS) is 14.3. The first-order valence-electron chi connectivity index (χ1n) is 8.35. The van der Waals surface area contributed by atoms with Crippen molar-refractivity contribution < 1.29 is 4.79 Å². The summed E-state index contributed by atoms with van der Waals surface area (Å²) in [5.41, 5.74) is 2.61. The predicted molar refractivity (Wildman–Crippen MR) is 96.9 cm³/mol. The van der Waals surface area contributed by atoms with Crippen LogP contribution in [-0.2, 0) is 4.79 Å². The lowest BCUT2D eigenvalue weighted by Crippen LogP contribution is -2.30. The van der Waals surface area contributed by atoms with Crippen molar-refractivity contribution in [3.8, 4) is 0 Å². The summed E-state index contributed by atoms with van der Waals surface area (Å²) < 4.78 is 0. The van der Waals surface area contributed by atoms with Crippen LogP contribution in [0, 0.1) is 6.92 Å². The number of anilines is 4. The van der Waals surface area contributed by atoms with Gasteiger partial charge in [0.25, 0.3) is 0 Å². The highest BCUT2D eigenvalue weighted by Gasteiger charge is 2.14. The molecule has 0 unspecified atom stereocenters. The van der Waals surface area contributed by atoms with Gasteiger partial charge in [-0.05, 0) is 50.5 Å². The van der Waals surface area contributed by atoms with E-state index < -0.39 is 0 Å². The van der Waals surface area contributed by atoms with Crippen LogP contribution in [0.3, 0.4) is 0 Å². The standard InChI is InChI=1S/C18H23N5O/c1-13-12-17(23-10-4-3-5-11-23)22-18(19-13)21-16-8-6-15(7-9-16)20-14(2)24/h6-9,12H,3-5,10-11H2,1-2H3,(H,20,24)(H,19,21,22). The summed E-state index contributed by atoms with van der Waals surface area (Å²) in [4.78, 5) is 22.5. The van der Waals surface area contributed by atoms with Gasteiger partial charge in [-0.15, -0.1) is 0 Å². The van der Waals surface area contributed by atoms with Crippen LogP contribution in [0.4, 0.5) is 23.1 Å². The molecule has 6 nitrogen and oxygen atoms in total. The lowest BCUT2D eigenvalue weighted by molar-refractivity contribution is -0.114. The molecule has 2 N–H and O–H groups in total. The first kappa shape index (κ1) is 16.2. The van der Waals surface area contributed by atoms with Crippen LogP contribution in [0.5, 0.6) is 0 Å². The smallest absolute Gasteiger partial charge is 0.229 e. The Hall–Kier alpha value is -2.63. The van der Waals surface area contributed by atoms with Crippen molar-refractivity contribution in [1.82, 2.24) is 9.97 Å². The average molecular weight is 325 g/mol. The predicted octanol–water partition coefficient (Wildman–Crippen LogP) is 3.48. The number of nitrogens with zero attached hydrogens (tertiary/aromatic N) is 3. The second-order valence-corrected chi connectivity index (χ2v) is 6.12. The molecule has 2 heterocycles. The van der Waals surface area contributed by atoms with Gasteiger partial charge in [0.1, 0.15) is 5.82 Å². The topological polar surface area (TPSA) is 70.2 Å². The third kappa shape index (κ3) is 4.22. The van der Waals surface area contributed by atoms with Gasteiger partial charge >= 0.3 is 0 Å². The van der Waals surface area contributed by atoms with Gasteiger partial charge in [-0.25, -0.2) is 4.98 Å². The Morgan fingerprint density at radius 1 is 1.04 bits per heavy atom. The molecule has 1 saturated heterocycles. The highest BCUT2D eigenvalue weighted by Crippen LogP contribution is 2.22. The number of amides is 1. The van der Waals surface area contributed by atoms with Crippen LogP contribution < -0.4 is 15.5 Å². The van der Waals surface area contributed by atoms with Crippen LogP contribution in [0.2, 0.25) is 0 Å². The van der Waals surface area contributed by atoms with Crippen LogP contribution in [0.25, 0.3) is 0 Å². The highest BCUT2D eigenvalue weighted by molar-refractivity contribution is 5.88. The van der Waals surface area contributed by atoms with Gasteiger partial charge in [0.2, 0.25) is 11.9 Å². The maximum absolute atomic E-state index is 11.1. The Morgan fingerprint density at radius 2 is 1.71 bits per heavy atom. The van der Waals surface area contributed by atoms with Gasteiger partial charge in [-0.1, -0.05) is 0 Å². The van der Waals surface area contributed by atoms with Gasteiger partial charge < -0.3 is 15.5 Å². The van der Waals surface area contributed by atoms with E-state index in [0.29, 0.717) is 5.95 Å². The Kier molecular flexibility index (Phi) is 4.93. The molecule has 6 heteroatoms. The SMILES string of the molecule is CC(=O)Nc1ccc(Nc2nc(C)cc(N3CCCCC3)n2)cc1. The van der Waals surface area contributed by atoms with E-state index in [1.165, 1.54) is 26.2 Å². The van der Waals surface area contributed by atoms with Gasteiger partial charge in [0.15, 0.2) is 0 Å². The average Bonchev–Trinajstić information content (AvgIpc) is 2.56. The van der Waals surface area contributed by atoms with E-state index in [1.54, 1.807) is 0 Å². The van der Waals surface area contributed by atoms with Gasteiger partial charge in [0.05, 0.1) is 0 Å². The monoisotopic (exact) mass is 325 g/mol. The Morgan fingerprint density at radius 3 is 2.38 bits per heavy atom. The number of rotatable bonds is 4. The molecule has 0 radical (unpaired) electrons. The van der Waals surface area contributed by atoms with E-state index in [4.69, 9.17) is 0 Å². The Balaban J connectivity index is 1.74. The minimum Gasteiger partial charge on any atom is -0.356 e. The second-order valence-electron chi connectivity index (χ2n) is 6.12. The van der Waals surface area contributed by atoms with E-state index in [-0.39, 0.29) is 5.91 Å². The van der Waals surface area contributed by atoms with Crippen molar-refractivity contribution >= 4 is 29.0 Å². The maximum Gasteiger partial charge on any atom is 0.229 e. The van der Waals surface area contributed by atoms with E-state index in [9.17, 15) is 4.79 Å². The molecule has 0 saturated carbocycles. The largest absolute Gasteiger partial charge is 0.356 e. The van der Waals surface area contributed by atoms with E-state index in [1.807, 2.05) is 37.3 Å². The fourth-order valence-corrected chi connectivity index (χ4v) is 2.86. The number of aryl methyl sites for hydroxylation is 1. The highest BCUT2D eigenvalue weighted by atomic mass is 16.1. The molecule has 1 aliphatic heterocycles. The molecule has 1 aromatic carbocycles. The fourth-order valence-electron chi connectivity index (χ4n) is 2.86. The molecule has 3 rings (SSSR count). The Bertz CT molecular complexity index is 708. The van der Waals surface area contributed by atoms with Crippen molar-refractivity contribution in [3.05, 3.63) is 36.0 Å². The molecule has 126 valence electrons. The zero-order valence-electron chi connectivity index (χ0n) is 14.2. The molecule has 0 bridgehead atoms. The van der Waals surface area contributed by atoms with Gasteiger partial charge in [-0.2, -0.15) is 4.98 Å². The number of nitrogens with one attached hydrogen (secondary N) is 2. The molecule has 1 amide bonds. The molecule has 0 aliphatic carbocycles. The van der Waals surface area contributed by atoms with Gasteiger partial charge in [0, 0.05) is 43.1 Å². The summed E-state index contributed by atoms with van der Waals surface area (Å²) in [5, 5.41) is 6.00. The van der Waals surface area contributed by atoms with Crippen molar-refractivity contribution in [2.24, 2.45) is 0 Å². The lowest BCUT2D eigenvalue weighted by Gasteiger charge is -2.28. The molecule has 2 aromatic rings. The third-order valence-electron chi connectivity index (χ3n) is 3.98. The third-order valence-corrected chi connectivity index (χ3v) is 3.98. The number of carbonyl (C=O) groups is 1. The minimum absolute atomic E-state index is 0.0797. The molecular formula is C18H23N5O. The molecule has 1 aliphatic rings. The summed E-state index contributed by atoms with van der Waals surface area (Å²) in [7, 11) is 0. The zero-order chi connectivity index (χ0) is 16.9. The van der Waals surface area contributed by atoms with Crippen LogP contribution in [-0.4, -0.2) is 29.0 Å². The van der Waals surface area contributed by atoms with E-state index in [0.717, 1.165) is 36.0 Å². The van der Waals surface area contributed by atoms with Crippen LogP contribution in [0.15, 0.2) is 30.3 Å². The van der Waals surface area contributed by atoms with Crippen LogP contribution in [0.1, 0.15) is 31.9 Å². The molecule has 24 heavy (non-hydrogen) atoms. The first-order chi connectivity index (χ1) is 11.6. The van der Waals surface area contributed by atoms with E-state index >= 15 is 0 Å². The minimum atomic E-state index is -0.0797. The van der Waals surface area contributed by atoms with Gasteiger partial charge in [-0.3, -0.25) is 4.79 Å². The Labute approximate surface area is 142 Å². The zero-order valence-corrected chi connectivity index (χ0v) is 14.2. The quantitative estimate of drug-likeness (QED) is 0.900. The van der Waals surface area contributed by atoms with Crippen molar-refractivity contribution in [1.29, 1.82) is 0 Å². The number of carbonyl (C=O) groups excluding carboxylic acids is 1. The second kappa shape index (κ2) is 7.29. The fraction of sp³-hybridized carbons (Fsp3) is 0.389. The summed E-state index contributed by atoms with van der Waals surface area (Å²) in [6.07, 6.45) is 3.74. The molecule has 0 atom stereocenters. The molecular weight excluding hydrogens is 302 g/mol. The number of aromatic nitrogens is 2. The number of piperidine rings is 1. The number of hydrogen-bond acceptors (Lipinski definition) is 5. The van der Waals surface area contributed by atoms with Crippen molar-refractivity contribution in [2.75, 3.05) is 28.6 Å². The number of hydrogen-bond donors (Lipinski definition) is 2. The summed E-state index contributed by atoms with van der Waals surface area (Å²) in [5.74, 6) is 1.51. The van der Waals surface area contributed by atoms with E-state index in [2.05, 4.69) is 25.5 Å². The first-order valence-corrected chi connectivity index (χ1v) is 8.35. The van der Waals surface area contributed by atoms with Crippen LogP contribution >= 0.6 is 0 Å². The molecule has 1 aromatic heterocycles. The number of benzene rings is 1. The summed E-state index contributed by atoms with van der Waals surface area (Å²) in [6, 6.07) is 9.54. The van der Waals surface area contributed by atoms with Crippen molar-refractivity contribution in [3.63, 3.8) is 0 Å². The maximum atomic E-state index is 11.1.